The predicted octanol–water partition coefficient (Wildman–Crippen LogP) is 3.79. The van der Waals surface area contributed by atoms with Crippen molar-refractivity contribution < 1.29 is 5.11 Å². The van der Waals surface area contributed by atoms with Crippen molar-refractivity contribution in [3.05, 3.63) is 38.5 Å². The fourth-order valence-corrected chi connectivity index (χ4v) is 3.89. The van der Waals surface area contributed by atoms with E-state index in [4.69, 9.17) is 15.7 Å². The molecule has 0 radical (unpaired) electrons. The Hall–Kier alpha value is -1.02. The van der Waals surface area contributed by atoms with Crippen LogP contribution in [0, 0.1) is 6.92 Å². The van der Waals surface area contributed by atoms with Gasteiger partial charge in [0.2, 0.25) is 0 Å². The Bertz CT molecular complexity index is 785. The van der Waals surface area contributed by atoms with Crippen LogP contribution in [0.3, 0.4) is 0 Å². The van der Waals surface area contributed by atoms with Crippen LogP contribution in [-0.4, -0.2) is 33.7 Å². The third-order valence-corrected chi connectivity index (χ3v) is 6.73. The van der Waals surface area contributed by atoms with Gasteiger partial charge in [-0.05, 0) is 64.6 Å². The molecule has 7 heteroatoms. The Morgan fingerprint density at radius 2 is 1.92 bits per heavy atom. The maximum atomic E-state index is 9.86. The van der Waals surface area contributed by atoms with Gasteiger partial charge in [0.05, 0.1) is 18.0 Å². The second kappa shape index (κ2) is 7.31. The number of halogens is 2. The van der Waals surface area contributed by atoms with E-state index in [2.05, 4.69) is 43.7 Å². The summed E-state index contributed by atoms with van der Waals surface area (Å²) in [5.74, 6) is 0.769. The van der Waals surface area contributed by atoms with E-state index in [1.54, 1.807) is 0 Å². The molecule has 0 unspecified atom stereocenters. The molecule has 1 fully saturated rings. The Morgan fingerprint density at radius 3 is 2.56 bits per heavy atom. The number of aromatic nitrogens is 2. The minimum Gasteiger partial charge on any atom is -0.390 e. The smallest absolute Gasteiger partial charge is 0.153 e. The van der Waals surface area contributed by atoms with Crippen LogP contribution >= 0.6 is 31.9 Å². The molecule has 0 amide bonds. The van der Waals surface area contributed by atoms with E-state index in [0.29, 0.717) is 5.69 Å². The maximum Gasteiger partial charge on any atom is 0.153 e. The van der Waals surface area contributed by atoms with Crippen molar-refractivity contribution in [3.63, 3.8) is 0 Å². The number of anilines is 1. The Kier molecular flexibility index (Phi) is 5.48. The lowest BCUT2D eigenvalue weighted by Crippen LogP contribution is -2.48. The lowest BCUT2D eigenvalue weighted by atomic mass is 9.91. The van der Waals surface area contributed by atoms with Crippen molar-refractivity contribution in [2.75, 3.05) is 18.0 Å². The van der Waals surface area contributed by atoms with Crippen LogP contribution in [0.4, 0.5) is 5.82 Å². The van der Waals surface area contributed by atoms with Crippen LogP contribution in [0.5, 0.6) is 0 Å². The number of aliphatic hydroxyl groups is 1. The Labute approximate surface area is 164 Å². The standard InChI is InChI=1S/C18H22Br2N4O/c1-11-16(12-4-3-5-13(19)15(12)20)23-14(10-25)17(22-11)24-8-6-18(2,21)7-9-24/h3-5,25H,6-10,21H2,1-2H3. The molecule has 0 aliphatic carbocycles. The molecule has 134 valence electrons. The molecule has 0 atom stereocenters. The quantitative estimate of drug-likeness (QED) is 0.715. The molecule has 1 aromatic carbocycles. The number of piperidine rings is 1. The number of nitrogens with two attached hydrogens (primary N) is 1. The fraction of sp³-hybridized carbons (Fsp3) is 0.444. The topological polar surface area (TPSA) is 75.3 Å². The molecule has 2 aromatic rings. The maximum absolute atomic E-state index is 9.86. The van der Waals surface area contributed by atoms with Gasteiger partial charge in [0.1, 0.15) is 5.69 Å². The van der Waals surface area contributed by atoms with Gasteiger partial charge < -0.3 is 15.7 Å². The zero-order valence-corrected chi connectivity index (χ0v) is 17.6. The summed E-state index contributed by atoms with van der Waals surface area (Å²) in [4.78, 5) is 11.7. The van der Waals surface area contributed by atoms with Gasteiger partial charge >= 0.3 is 0 Å². The van der Waals surface area contributed by atoms with Crippen LogP contribution in [0.25, 0.3) is 11.3 Å². The van der Waals surface area contributed by atoms with E-state index in [1.165, 1.54) is 0 Å². The van der Waals surface area contributed by atoms with Gasteiger partial charge in [-0.15, -0.1) is 0 Å². The van der Waals surface area contributed by atoms with Crippen LogP contribution in [0.1, 0.15) is 31.2 Å². The van der Waals surface area contributed by atoms with Gasteiger partial charge in [-0.1, -0.05) is 12.1 Å². The zero-order chi connectivity index (χ0) is 18.2. The molecule has 0 saturated carbocycles. The van der Waals surface area contributed by atoms with Gasteiger partial charge in [0.25, 0.3) is 0 Å². The van der Waals surface area contributed by atoms with Gasteiger partial charge in [-0.3, -0.25) is 0 Å². The minimum atomic E-state index is -0.141. The fourth-order valence-electron chi connectivity index (χ4n) is 3.07. The Balaban J connectivity index is 2.01. The van der Waals surface area contributed by atoms with Gasteiger partial charge in [-0.25, -0.2) is 9.97 Å². The van der Waals surface area contributed by atoms with Crippen LogP contribution < -0.4 is 10.6 Å². The highest BCUT2D eigenvalue weighted by molar-refractivity contribution is 9.13. The number of rotatable bonds is 3. The summed E-state index contributed by atoms with van der Waals surface area (Å²) in [6, 6.07) is 5.92. The molecule has 3 rings (SSSR count). The SMILES string of the molecule is Cc1nc(N2CCC(C)(N)CC2)c(CO)nc1-c1cccc(Br)c1Br. The molecule has 5 nitrogen and oxygen atoms in total. The van der Waals surface area contributed by atoms with E-state index in [0.717, 1.165) is 57.6 Å². The third kappa shape index (κ3) is 3.89. The molecule has 0 spiro atoms. The van der Waals surface area contributed by atoms with E-state index < -0.39 is 0 Å². The summed E-state index contributed by atoms with van der Waals surface area (Å²) in [5, 5.41) is 9.86. The van der Waals surface area contributed by atoms with E-state index >= 15 is 0 Å². The van der Waals surface area contributed by atoms with Gasteiger partial charge in [0.15, 0.2) is 5.82 Å². The summed E-state index contributed by atoms with van der Waals surface area (Å²) in [7, 11) is 0. The summed E-state index contributed by atoms with van der Waals surface area (Å²) in [6.07, 6.45) is 1.80. The highest BCUT2D eigenvalue weighted by Gasteiger charge is 2.28. The molecule has 1 aliphatic rings. The largest absolute Gasteiger partial charge is 0.390 e. The molecular formula is C18H22Br2N4O. The first-order valence-corrected chi connectivity index (χ1v) is 9.87. The van der Waals surface area contributed by atoms with Crippen molar-refractivity contribution in [2.24, 2.45) is 5.73 Å². The lowest BCUT2D eigenvalue weighted by Gasteiger charge is -2.38. The summed E-state index contributed by atoms with van der Waals surface area (Å²) < 4.78 is 1.89. The first-order valence-electron chi connectivity index (χ1n) is 8.29. The second-order valence-corrected chi connectivity index (χ2v) is 8.48. The van der Waals surface area contributed by atoms with Crippen molar-refractivity contribution in [2.45, 2.75) is 38.8 Å². The molecule has 1 aliphatic heterocycles. The van der Waals surface area contributed by atoms with Crippen molar-refractivity contribution in [3.8, 4) is 11.3 Å². The average molecular weight is 470 g/mol. The van der Waals surface area contributed by atoms with E-state index in [9.17, 15) is 5.11 Å². The number of aryl methyl sites for hydroxylation is 1. The van der Waals surface area contributed by atoms with Crippen molar-refractivity contribution in [1.82, 2.24) is 9.97 Å². The molecule has 25 heavy (non-hydrogen) atoms. The zero-order valence-electron chi connectivity index (χ0n) is 14.4. The van der Waals surface area contributed by atoms with E-state index in [1.807, 2.05) is 25.1 Å². The normalized spacial score (nSPS) is 17.0. The second-order valence-electron chi connectivity index (χ2n) is 6.83. The average Bonchev–Trinajstić information content (AvgIpc) is 2.57. The monoisotopic (exact) mass is 468 g/mol. The highest BCUT2D eigenvalue weighted by Crippen LogP contribution is 2.35. The van der Waals surface area contributed by atoms with Crippen molar-refractivity contribution >= 4 is 37.7 Å². The summed E-state index contributed by atoms with van der Waals surface area (Å²) >= 11 is 7.13. The number of aliphatic hydroxyl groups excluding tert-OH is 1. The summed E-state index contributed by atoms with van der Waals surface area (Å²) in [5.41, 5.74) is 9.28. The van der Waals surface area contributed by atoms with Gasteiger partial charge in [0, 0.05) is 33.1 Å². The van der Waals surface area contributed by atoms with Crippen LogP contribution in [0.15, 0.2) is 27.1 Å². The molecule has 0 bridgehead atoms. The minimum absolute atomic E-state index is 0.126. The van der Waals surface area contributed by atoms with Crippen LogP contribution in [0.2, 0.25) is 0 Å². The third-order valence-electron chi connectivity index (χ3n) is 4.68. The molecule has 1 aromatic heterocycles. The van der Waals surface area contributed by atoms with Crippen LogP contribution in [-0.2, 0) is 6.61 Å². The first-order chi connectivity index (χ1) is 11.8. The van der Waals surface area contributed by atoms with Crippen molar-refractivity contribution in [1.29, 1.82) is 0 Å². The molecule has 2 heterocycles. The first kappa shape index (κ1) is 18.8. The number of hydrogen-bond donors (Lipinski definition) is 2. The summed E-state index contributed by atoms with van der Waals surface area (Å²) in [6.45, 7) is 5.55. The number of nitrogens with zero attached hydrogens (tertiary/aromatic N) is 3. The molecule has 3 N–H and O–H groups in total. The predicted molar refractivity (Wildman–Crippen MR) is 108 cm³/mol. The van der Waals surface area contributed by atoms with Gasteiger partial charge in [-0.2, -0.15) is 0 Å². The molecular weight excluding hydrogens is 448 g/mol. The lowest BCUT2D eigenvalue weighted by molar-refractivity contribution is 0.275. The highest BCUT2D eigenvalue weighted by atomic mass is 79.9. The van der Waals surface area contributed by atoms with E-state index in [-0.39, 0.29) is 12.1 Å². The number of hydrogen-bond acceptors (Lipinski definition) is 5. The Morgan fingerprint density at radius 1 is 1.24 bits per heavy atom. The molecule has 1 saturated heterocycles. The number of benzene rings is 1.